The molecule has 0 saturated carbocycles. The van der Waals surface area contributed by atoms with Crippen molar-refractivity contribution in [2.45, 2.75) is 19.8 Å². The third kappa shape index (κ3) is 4.43. The molecule has 29 heavy (non-hydrogen) atoms. The van der Waals surface area contributed by atoms with E-state index in [1.165, 1.54) is 6.33 Å². The zero-order chi connectivity index (χ0) is 20.1. The van der Waals surface area contributed by atoms with Crippen molar-refractivity contribution in [1.29, 1.82) is 0 Å². The summed E-state index contributed by atoms with van der Waals surface area (Å²) in [7, 11) is 0. The zero-order valence-corrected chi connectivity index (χ0v) is 16.4. The number of hydrogen-bond acceptors (Lipinski definition) is 8. The van der Waals surface area contributed by atoms with Gasteiger partial charge in [-0.2, -0.15) is 0 Å². The monoisotopic (exact) mass is 406 g/mol. The Morgan fingerprint density at radius 3 is 2.76 bits per heavy atom. The van der Waals surface area contributed by atoms with Gasteiger partial charge in [0.15, 0.2) is 0 Å². The molecule has 0 saturated heterocycles. The minimum Gasteiger partial charge on any atom is -0.340 e. The summed E-state index contributed by atoms with van der Waals surface area (Å²) in [5, 5.41) is 10.1. The fourth-order valence-corrected chi connectivity index (χ4v) is 3.31. The van der Waals surface area contributed by atoms with Gasteiger partial charge in [0, 0.05) is 29.8 Å². The lowest BCUT2D eigenvalue weighted by atomic mass is 10.2. The zero-order valence-electron chi connectivity index (χ0n) is 15.6. The van der Waals surface area contributed by atoms with Crippen LogP contribution in [0.25, 0.3) is 5.82 Å². The van der Waals surface area contributed by atoms with E-state index in [1.807, 2.05) is 43.5 Å². The highest BCUT2D eigenvalue weighted by Gasteiger charge is 2.15. The number of hydrogen-bond donors (Lipinski definition) is 2. The second-order valence-corrected chi connectivity index (χ2v) is 6.94. The number of benzene rings is 1. The molecule has 9 nitrogen and oxygen atoms in total. The first-order chi connectivity index (χ1) is 14.2. The Labute approximate surface area is 171 Å². The van der Waals surface area contributed by atoms with Gasteiger partial charge in [-0.05, 0) is 42.2 Å². The smallest absolute Gasteiger partial charge is 0.269 e. The molecule has 1 amide bonds. The molecule has 0 atom stereocenters. The lowest BCUT2D eigenvalue weighted by Crippen LogP contribution is -2.12. The first-order valence-corrected chi connectivity index (χ1v) is 9.80. The number of anilines is 3. The van der Waals surface area contributed by atoms with Gasteiger partial charge in [0.1, 0.15) is 29.2 Å². The quantitative estimate of drug-likeness (QED) is 0.483. The van der Waals surface area contributed by atoms with Gasteiger partial charge in [-0.1, -0.05) is 17.8 Å². The predicted molar refractivity (Wildman–Crippen MR) is 111 cm³/mol. The van der Waals surface area contributed by atoms with Crippen LogP contribution in [0.15, 0.2) is 55.4 Å². The van der Waals surface area contributed by atoms with E-state index in [1.54, 1.807) is 17.1 Å². The molecule has 0 aliphatic carbocycles. The molecule has 0 bridgehead atoms. The summed E-state index contributed by atoms with van der Waals surface area (Å²) in [6.07, 6.45) is 8.32. The third-order valence-electron chi connectivity index (χ3n) is 4.09. The maximum Gasteiger partial charge on any atom is 0.269 e. The predicted octanol–water partition coefficient (Wildman–Crippen LogP) is 3.46. The van der Waals surface area contributed by atoms with Gasteiger partial charge in [0.05, 0.1) is 5.69 Å². The highest BCUT2D eigenvalue weighted by Crippen LogP contribution is 2.20. The lowest BCUT2D eigenvalue weighted by Gasteiger charge is -2.09. The van der Waals surface area contributed by atoms with Crippen LogP contribution in [0.2, 0.25) is 0 Å². The van der Waals surface area contributed by atoms with Gasteiger partial charge in [0.25, 0.3) is 5.91 Å². The fraction of sp³-hybridized carbons (Fsp3) is 0.158. The Bertz CT molecular complexity index is 1090. The first-order valence-electron chi connectivity index (χ1n) is 9.03. The van der Waals surface area contributed by atoms with Crippen LogP contribution in [0.1, 0.15) is 28.7 Å². The van der Waals surface area contributed by atoms with Crippen molar-refractivity contribution in [1.82, 2.24) is 29.1 Å². The van der Waals surface area contributed by atoms with E-state index in [0.717, 1.165) is 35.8 Å². The van der Waals surface area contributed by atoms with E-state index in [2.05, 4.69) is 35.2 Å². The van der Waals surface area contributed by atoms with Gasteiger partial charge < -0.3 is 10.6 Å². The Morgan fingerprint density at radius 2 is 2.00 bits per heavy atom. The maximum atomic E-state index is 12.5. The number of carbonyl (C=O) groups is 1. The van der Waals surface area contributed by atoms with Gasteiger partial charge in [0.2, 0.25) is 0 Å². The summed E-state index contributed by atoms with van der Waals surface area (Å²) in [6, 6.07) is 9.21. The Morgan fingerprint density at radius 1 is 1.17 bits per heavy atom. The number of nitrogens with zero attached hydrogens (tertiary/aromatic N) is 6. The summed E-state index contributed by atoms with van der Waals surface area (Å²) in [6.45, 7) is 2.04. The standard InChI is InChI=1S/C19H18N8OS/c1-2-3-15-18(29-26-25-15)19(28)24-14-6-4-13(5-7-14)23-16-10-17(22-11-21-16)27-9-8-20-12-27/h4-12H,2-3H2,1H3,(H,24,28)(H,21,22,23). The summed E-state index contributed by atoms with van der Waals surface area (Å²) in [4.78, 5) is 25.5. The number of aromatic nitrogens is 6. The number of nitrogens with one attached hydrogen (secondary N) is 2. The van der Waals surface area contributed by atoms with E-state index < -0.39 is 0 Å². The molecule has 2 N–H and O–H groups in total. The Kier molecular flexibility index (Phi) is 5.52. The minimum absolute atomic E-state index is 0.190. The normalized spacial score (nSPS) is 10.7. The fourth-order valence-electron chi connectivity index (χ4n) is 2.71. The van der Waals surface area contributed by atoms with E-state index in [4.69, 9.17) is 0 Å². The molecule has 146 valence electrons. The number of carbonyl (C=O) groups excluding carboxylic acids is 1. The van der Waals surface area contributed by atoms with Gasteiger partial charge in [-0.15, -0.1) is 5.10 Å². The molecule has 4 aromatic rings. The second kappa shape index (κ2) is 8.57. The molecule has 0 spiro atoms. The van der Waals surface area contributed by atoms with Crippen molar-refractivity contribution < 1.29 is 4.79 Å². The van der Waals surface area contributed by atoms with Crippen molar-refractivity contribution in [2.75, 3.05) is 10.6 Å². The molecule has 0 aliphatic heterocycles. The molecule has 0 aliphatic rings. The van der Waals surface area contributed by atoms with Crippen molar-refractivity contribution in [3.8, 4) is 5.82 Å². The van der Waals surface area contributed by atoms with Crippen LogP contribution in [-0.4, -0.2) is 35.0 Å². The summed E-state index contributed by atoms with van der Waals surface area (Å²) >= 11 is 1.12. The average Bonchev–Trinajstić information content (AvgIpc) is 3.42. The van der Waals surface area contributed by atoms with Crippen LogP contribution in [-0.2, 0) is 6.42 Å². The summed E-state index contributed by atoms with van der Waals surface area (Å²) < 4.78 is 5.69. The molecule has 3 heterocycles. The maximum absolute atomic E-state index is 12.5. The number of rotatable bonds is 7. The van der Waals surface area contributed by atoms with E-state index >= 15 is 0 Å². The van der Waals surface area contributed by atoms with Crippen molar-refractivity contribution in [3.05, 3.63) is 66.0 Å². The molecule has 0 unspecified atom stereocenters. The lowest BCUT2D eigenvalue weighted by molar-refractivity contribution is 0.102. The van der Waals surface area contributed by atoms with Crippen molar-refractivity contribution in [3.63, 3.8) is 0 Å². The summed E-state index contributed by atoms with van der Waals surface area (Å²) in [5.74, 6) is 1.18. The van der Waals surface area contributed by atoms with Crippen molar-refractivity contribution >= 4 is 34.6 Å². The van der Waals surface area contributed by atoms with Gasteiger partial charge >= 0.3 is 0 Å². The molecular weight excluding hydrogens is 388 g/mol. The minimum atomic E-state index is -0.190. The van der Waals surface area contributed by atoms with E-state index in [9.17, 15) is 4.79 Å². The Balaban J connectivity index is 1.42. The highest BCUT2D eigenvalue weighted by atomic mass is 32.1. The second-order valence-electron chi connectivity index (χ2n) is 6.19. The molecule has 0 radical (unpaired) electrons. The first kappa shape index (κ1) is 18.7. The van der Waals surface area contributed by atoms with Crippen LogP contribution in [0.3, 0.4) is 0 Å². The molecular formula is C19H18N8OS. The van der Waals surface area contributed by atoms with Crippen molar-refractivity contribution in [2.24, 2.45) is 0 Å². The average molecular weight is 406 g/mol. The summed E-state index contributed by atoms with van der Waals surface area (Å²) in [5.41, 5.74) is 2.27. The number of amides is 1. The molecule has 0 fully saturated rings. The largest absolute Gasteiger partial charge is 0.340 e. The van der Waals surface area contributed by atoms with Crippen LogP contribution in [0, 0.1) is 0 Å². The van der Waals surface area contributed by atoms with E-state index in [0.29, 0.717) is 22.2 Å². The van der Waals surface area contributed by atoms with Crippen LogP contribution < -0.4 is 10.6 Å². The third-order valence-corrected chi connectivity index (χ3v) is 4.85. The van der Waals surface area contributed by atoms with Crippen LogP contribution >= 0.6 is 11.5 Å². The van der Waals surface area contributed by atoms with E-state index in [-0.39, 0.29) is 5.91 Å². The molecule has 3 aromatic heterocycles. The molecule has 10 heteroatoms. The molecule has 1 aromatic carbocycles. The number of aryl methyl sites for hydroxylation is 1. The molecule has 4 rings (SSSR count). The van der Waals surface area contributed by atoms with Gasteiger partial charge in [-0.3, -0.25) is 9.36 Å². The SMILES string of the molecule is CCCc1nnsc1C(=O)Nc1ccc(Nc2cc(-n3ccnc3)ncn2)cc1. The van der Waals surface area contributed by atoms with Crippen LogP contribution in [0.4, 0.5) is 17.2 Å². The number of imidazole rings is 1. The van der Waals surface area contributed by atoms with Gasteiger partial charge in [-0.25, -0.2) is 15.0 Å². The Hall–Kier alpha value is -3.66. The topological polar surface area (TPSA) is 111 Å². The van der Waals surface area contributed by atoms with Crippen LogP contribution in [0.5, 0.6) is 0 Å². The highest BCUT2D eigenvalue weighted by molar-refractivity contribution is 7.08.